The Labute approximate surface area is 301 Å². The minimum atomic E-state index is -0.0677. The molecule has 2 aromatic carbocycles. The van der Waals surface area contributed by atoms with Gasteiger partial charge in [0.2, 0.25) is 11.8 Å². The highest BCUT2D eigenvalue weighted by Gasteiger charge is 2.36. The van der Waals surface area contributed by atoms with Crippen LogP contribution in [0.1, 0.15) is 89.2 Å². The second-order valence-electron chi connectivity index (χ2n) is 14.0. The molecule has 2 fully saturated rings. The van der Waals surface area contributed by atoms with Crippen molar-refractivity contribution >= 4 is 23.7 Å². The average Bonchev–Trinajstić information content (AvgIpc) is 3.56. The first-order valence-electron chi connectivity index (χ1n) is 19.2. The molecule has 10 heteroatoms. The average molecular weight is 687 g/mol. The van der Waals surface area contributed by atoms with Gasteiger partial charge in [-0.05, 0) is 49.7 Å². The molecule has 0 aromatic heterocycles. The Morgan fingerprint density at radius 2 is 1.00 bits per heavy atom. The molecule has 0 spiro atoms. The molecule has 2 aliphatic rings. The molecule has 0 bridgehead atoms. The second kappa shape index (κ2) is 21.2. The number of carbonyl (C=O) groups excluding carboxylic acids is 2. The number of hydrogen-bond donors (Lipinski definition) is 4. The fourth-order valence-electron chi connectivity index (χ4n) is 7.15. The largest absolute Gasteiger partial charge is 0.355 e. The Morgan fingerprint density at radius 1 is 0.600 bits per heavy atom. The van der Waals surface area contributed by atoms with E-state index in [1.54, 1.807) is 0 Å². The molecule has 0 saturated carbocycles. The zero-order valence-corrected chi connectivity index (χ0v) is 30.7. The number of carbonyl (C=O) groups is 2. The molecule has 4 N–H and O–H groups in total. The van der Waals surface area contributed by atoms with Crippen LogP contribution in [0.4, 0.5) is 0 Å². The van der Waals surface area contributed by atoms with E-state index in [1.165, 1.54) is 36.8 Å². The van der Waals surface area contributed by atoms with Gasteiger partial charge in [-0.15, -0.1) is 0 Å². The molecule has 0 aliphatic carbocycles. The summed E-state index contributed by atoms with van der Waals surface area (Å²) in [5.41, 5.74) is 2.51. The van der Waals surface area contributed by atoms with Gasteiger partial charge in [-0.25, -0.2) is 0 Å². The van der Waals surface area contributed by atoms with Crippen LogP contribution in [0.15, 0.2) is 60.7 Å². The van der Waals surface area contributed by atoms with Crippen molar-refractivity contribution in [2.24, 2.45) is 0 Å². The van der Waals surface area contributed by atoms with Crippen LogP contribution in [0.2, 0.25) is 0 Å². The number of nitrogens with one attached hydrogen (secondary N) is 4. The van der Waals surface area contributed by atoms with E-state index in [0.717, 1.165) is 64.5 Å². The van der Waals surface area contributed by atoms with Gasteiger partial charge < -0.3 is 30.2 Å². The molecule has 1 unspecified atom stereocenters. The maximum atomic E-state index is 12.9. The van der Waals surface area contributed by atoms with E-state index < -0.39 is 0 Å². The number of benzene rings is 2. The maximum absolute atomic E-state index is 12.9. The second-order valence-corrected chi connectivity index (χ2v) is 14.0. The number of nitrogens with zero attached hydrogens (tertiary/aromatic N) is 4. The molecule has 2 aliphatic heterocycles. The third kappa shape index (κ3) is 12.4. The third-order valence-electron chi connectivity index (χ3n) is 9.94. The lowest BCUT2D eigenvalue weighted by Gasteiger charge is -2.25. The van der Waals surface area contributed by atoms with Gasteiger partial charge in [0.25, 0.3) is 0 Å². The van der Waals surface area contributed by atoms with Gasteiger partial charge in [0.15, 0.2) is 11.9 Å². The van der Waals surface area contributed by atoms with Crippen LogP contribution < -0.4 is 10.6 Å². The molecule has 2 heterocycles. The molecule has 274 valence electrons. The summed E-state index contributed by atoms with van der Waals surface area (Å²) in [6, 6.07) is 21.2. The monoisotopic (exact) mass is 686 g/mol. The molecule has 0 radical (unpaired) electrons. The first-order chi connectivity index (χ1) is 24.4. The molecule has 4 rings (SSSR count). The van der Waals surface area contributed by atoms with E-state index in [1.807, 2.05) is 21.9 Å². The highest BCUT2D eigenvalue weighted by Crippen LogP contribution is 2.22. The Morgan fingerprint density at radius 3 is 1.38 bits per heavy atom. The van der Waals surface area contributed by atoms with Gasteiger partial charge in [0.1, 0.15) is 0 Å². The zero-order chi connectivity index (χ0) is 35.6. The van der Waals surface area contributed by atoms with Crippen molar-refractivity contribution in [2.75, 3.05) is 52.4 Å². The van der Waals surface area contributed by atoms with E-state index in [9.17, 15) is 9.59 Å². The van der Waals surface area contributed by atoms with E-state index in [2.05, 4.69) is 82.8 Å². The Kier molecular flexibility index (Phi) is 16.4. The summed E-state index contributed by atoms with van der Waals surface area (Å²) >= 11 is 0. The van der Waals surface area contributed by atoms with Gasteiger partial charge in [-0.2, -0.15) is 0 Å². The Bertz CT molecular complexity index is 1220. The van der Waals surface area contributed by atoms with Crippen molar-refractivity contribution in [3.63, 3.8) is 0 Å². The number of unbranched alkanes of at least 4 members (excludes halogenated alkanes) is 7. The molecule has 10 nitrogen and oxygen atoms in total. The van der Waals surface area contributed by atoms with E-state index in [0.29, 0.717) is 38.1 Å². The van der Waals surface area contributed by atoms with E-state index in [-0.39, 0.29) is 37.0 Å². The summed E-state index contributed by atoms with van der Waals surface area (Å²) in [6.07, 6.45) is 12.5. The van der Waals surface area contributed by atoms with Crippen molar-refractivity contribution in [1.82, 2.24) is 30.2 Å². The minimum Gasteiger partial charge on any atom is -0.355 e. The molecule has 2 saturated heterocycles. The molecular weight excluding hydrogens is 624 g/mol. The zero-order valence-electron chi connectivity index (χ0n) is 30.7. The normalized spacial score (nSPS) is 17.6. The van der Waals surface area contributed by atoms with Gasteiger partial charge in [0.05, 0.1) is 25.2 Å². The minimum absolute atomic E-state index is 0.0677. The van der Waals surface area contributed by atoms with Crippen LogP contribution in [-0.2, 0) is 22.4 Å². The summed E-state index contributed by atoms with van der Waals surface area (Å²) in [5.74, 6) is 0.776. The lowest BCUT2D eigenvalue weighted by molar-refractivity contribution is -0.122. The van der Waals surface area contributed by atoms with Crippen LogP contribution in [0.25, 0.3) is 0 Å². The maximum Gasteiger partial charge on any atom is 0.239 e. The van der Waals surface area contributed by atoms with Crippen LogP contribution in [0.3, 0.4) is 0 Å². The highest BCUT2D eigenvalue weighted by atomic mass is 16.2. The SMILES string of the molecule is CCCCCCN1C(=N)N(CC(=O)NCCCCNC(=O)CN2C[C@H](Cc3ccccc3)N(CCCCCC)C2=N)CC1Cc1ccccc1. The first kappa shape index (κ1) is 38.7. The summed E-state index contributed by atoms with van der Waals surface area (Å²) in [4.78, 5) is 34.0. The Balaban J connectivity index is 1.15. The Hall–Kier alpha value is -4.08. The molecule has 50 heavy (non-hydrogen) atoms. The van der Waals surface area contributed by atoms with Crippen LogP contribution in [-0.4, -0.2) is 108 Å². The van der Waals surface area contributed by atoms with Gasteiger partial charge in [0, 0.05) is 39.3 Å². The summed E-state index contributed by atoms with van der Waals surface area (Å²) in [7, 11) is 0. The number of hydrogen-bond acceptors (Lipinski definition) is 4. The lowest BCUT2D eigenvalue weighted by Crippen LogP contribution is -2.41. The standard InChI is InChI=1S/C40H62N8O2/c1-3-5-7-17-25-47-35(27-33-19-11-9-12-20-33)29-45(39(47)41)31-37(49)43-23-15-16-24-44-38(50)32-46-30-36(28-34-21-13-10-14-22-34)48(40(46)42)26-18-8-6-4-2/h9-14,19-22,35-36,41-42H,3-8,15-18,23-32H2,1-2H3,(H,43,49)(H,44,50)/t35-,36?/m0/s1. The van der Waals surface area contributed by atoms with Gasteiger partial charge in [-0.1, -0.05) is 113 Å². The van der Waals surface area contributed by atoms with E-state index in [4.69, 9.17) is 10.8 Å². The van der Waals surface area contributed by atoms with Crippen molar-refractivity contribution in [2.45, 2.75) is 103 Å². The fraction of sp³-hybridized carbons (Fsp3) is 0.600. The highest BCUT2D eigenvalue weighted by molar-refractivity contribution is 5.87. The third-order valence-corrected chi connectivity index (χ3v) is 9.94. The number of rotatable bonds is 23. The first-order valence-corrected chi connectivity index (χ1v) is 19.2. The van der Waals surface area contributed by atoms with Crippen molar-refractivity contribution in [3.8, 4) is 0 Å². The van der Waals surface area contributed by atoms with Crippen molar-refractivity contribution in [3.05, 3.63) is 71.8 Å². The van der Waals surface area contributed by atoms with Crippen molar-refractivity contribution < 1.29 is 9.59 Å². The van der Waals surface area contributed by atoms with Crippen molar-refractivity contribution in [1.29, 1.82) is 10.8 Å². The van der Waals surface area contributed by atoms with Gasteiger partial charge >= 0.3 is 0 Å². The summed E-state index contributed by atoms with van der Waals surface area (Å²) in [5, 5.41) is 23.8. The number of amides is 2. The van der Waals surface area contributed by atoms with Gasteiger partial charge in [-0.3, -0.25) is 20.4 Å². The molecule has 2 atom stereocenters. The van der Waals surface area contributed by atoms with E-state index >= 15 is 0 Å². The number of guanidine groups is 2. The summed E-state index contributed by atoms with van der Waals surface area (Å²) < 4.78 is 0. The predicted octanol–water partition coefficient (Wildman–Crippen LogP) is 5.49. The topological polar surface area (TPSA) is 119 Å². The molecule has 2 amide bonds. The van der Waals surface area contributed by atoms with Crippen LogP contribution in [0.5, 0.6) is 0 Å². The van der Waals surface area contributed by atoms with Crippen LogP contribution in [0, 0.1) is 10.8 Å². The predicted molar refractivity (Wildman–Crippen MR) is 203 cm³/mol. The van der Waals surface area contributed by atoms with Crippen LogP contribution >= 0.6 is 0 Å². The fourth-order valence-corrected chi connectivity index (χ4v) is 7.15. The summed E-state index contributed by atoms with van der Waals surface area (Å²) in [6.45, 7) is 8.93. The quantitative estimate of drug-likeness (QED) is 0.115. The molecular formula is C40H62N8O2. The molecule has 2 aromatic rings. The lowest BCUT2D eigenvalue weighted by atomic mass is 10.1. The smallest absolute Gasteiger partial charge is 0.239 e.